The molecule has 40 heteroatoms. The summed E-state index contributed by atoms with van der Waals surface area (Å²) in [6.45, 7) is 18.0. The largest absolute Gasteiger partial charge is 0.416 e. The Balaban J connectivity index is 0.000000167. The van der Waals surface area contributed by atoms with E-state index in [0.717, 1.165) is 55.0 Å². The van der Waals surface area contributed by atoms with Crippen LogP contribution in [0.2, 0.25) is 0 Å². The number of ether oxygens (including phenoxy) is 3. The minimum atomic E-state index is -4.45. The SMILES string of the molecule is CC1(C)CN(/C=N/Nc2ncc(F)c(N3CCOCC3)n2)CCN1Nc1cccc(C(F)(F)F)c1.CC1(C)CN(Nc2cccc(C(F)(F)F)c2)CCN1/C=N/Nc1ncc(F)c(N2CCOCC2)n1.O=C1CN(Nc2cccc(C(F)(F)F)c2)CCN1/C=N/Nc1ncc(F)c(N2CCOCC2)n1. The molecule has 3 aromatic heterocycles. The summed E-state index contributed by atoms with van der Waals surface area (Å²) in [7, 11) is 0. The minimum absolute atomic E-state index is 0.0661. The molecule has 1 amide bonds. The summed E-state index contributed by atoms with van der Waals surface area (Å²) in [5, 5.41) is 17.7. The third-order valence-corrected chi connectivity index (χ3v) is 16.8. The summed E-state index contributed by atoms with van der Waals surface area (Å²) in [6, 6.07) is 15.0. The number of nitrogens with one attached hydrogen (secondary N) is 6. The Morgan fingerprint density at radius 1 is 0.452 bits per heavy atom. The molecule has 104 heavy (non-hydrogen) atoms. The molecule has 0 bridgehead atoms. The number of anilines is 9. The first-order valence-corrected chi connectivity index (χ1v) is 32.9. The van der Waals surface area contributed by atoms with Gasteiger partial charge >= 0.3 is 18.5 Å². The third-order valence-electron chi connectivity index (χ3n) is 16.8. The Hall–Kier alpha value is -9.90. The molecule has 9 heterocycles. The van der Waals surface area contributed by atoms with E-state index in [2.05, 4.69) is 77.8 Å². The average molecular weight is 1480 g/mol. The quantitative estimate of drug-likeness (QED) is 0.0204. The van der Waals surface area contributed by atoms with E-state index in [1.165, 1.54) is 40.5 Å². The van der Waals surface area contributed by atoms with Crippen LogP contribution in [0.4, 0.5) is 105 Å². The van der Waals surface area contributed by atoms with Gasteiger partial charge in [-0.15, -0.1) is 0 Å². The summed E-state index contributed by atoms with van der Waals surface area (Å²) in [5.74, 6) is -0.925. The molecular weight excluding hydrogens is 1400 g/mol. The van der Waals surface area contributed by atoms with Crippen LogP contribution in [0.1, 0.15) is 44.4 Å². The van der Waals surface area contributed by atoms with Crippen molar-refractivity contribution in [2.24, 2.45) is 15.3 Å². The molecule has 28 nitrogen and oxygen atoms in total. The first-order valence-electron chi connectivity index (χ1n) is 32.9. The smallest absolute Gasteiger partial charge is 0.378 e. The second-order valence-corrected chi connectivity index (χ2v) is 25.4. The van der Waals surface area contributed by atoms with Crippen LogP contribution in [0.25, 0.3) is 0 Å². The van der Waals surface area contributed by atoms with Gasteiger partial charge in [0, 0.05) is 109 Å². The Kier molecular flexibility index (Phi) is 25.2. The van der Waals surface area contributed by atoms with Crippen molar-refractivity contribution in [1.82, 2.24) is 59.6 Å². The summed E-state index contributed by atoms with van der Waals surface area (Å²) < 4.78 is 175. The lowest BCUT2D eigenvalue weighted by Crippen LogP contribution is -2.60. The number of nitrogens with zero attached hydrogens (tertiary/aromatic N) is 18. The van der Waals surface area contributed by atoms with Crippen LogP contribution in [0.3, 0.4) is 0 Å². The lowest BCUT2D eigenvalue weighted by atomic mass is 10.0. The molecule has 12 rings (SSSR count). The summed E-state index contributed by atoms with van der Waals surface area (Å²) in [5.41, 5.74) is 15.1. The molecule has 0 atom stereocenters. The number of alkyl halides is 9. The maximum atomic E-state index is 14.2. The maximum absolute atomic E-state index is 14.2. The van der Waals surface area contributed by atoms with Crippen LogP contribution in [-0.4, -0.2) is 233 Å². The number of piperazine rings is 3. The van der Waals surface area contributed by atoms with Gasteiger partial charge in [0.05, 0.1) is 92.5 Å². The van der Waals surface area contributed by atoms with E-state index < -0.39 is 58.2 Å². The van der Waals surface area contributed by atoms with Crippen molar-refractivity contribution in [2.45, 2.75) is 57.3 Å². The molecule has 3 aromatic carbocycles. The molecule has 6 aliphatic rings. The van der Waals surface area contributed by atoms with Gasteiger partial charge in [0.15, 0.2) is 34.9 Å². The number of hydrogen-bond acceptors (Lipinski definition) is 25. The number of aromatic nitrogens is 6. The number of carbonyl (C=O) groups excluding carboxylic acids is 1. The number of carbonyl (C=O) groups is 1. The Morgan fingerprint density at radius 2 is 0.846 bits per heavy atom. The zero-order chi connectivity index (χ0) is 74.2. The molecule has 6 saturated heterocycles. The molecular formula is C64H78F12N24O4. The first-order chi connectivity index (χ1) is 49.5. The molecule has 0 spiro atoms. The zero-order valence-electron chi connectivity index (χ0n) is 57.0. The van der Waals surface area contributed by atoms with Crippen molar-refractivity contribution in [1.29, 1.82) is 0 Å². The van der Waals surface area contributed by atoms with Gasteiger partial charge in [0.2, 0.25) is 23.8 Å². The van der Waals surface area contributed by atoms with Crippen LogP contribution in [0.5, 0.6) is 0 Å². The van der Waals surface area contributed by atoms with Crippen molar-refractivity contribution >= 4 is 77.3 Å². The van der Waals surface area contributed by atoms with Crippen molar-refractivity contribution in [3.8, 4) is 0 Å². The lowest BCUT2D eigenvalue weighted by Gasteiger charge is -2.46. The predicted molar refractivity (Wildman–Crippen MR) is 365 cm³/mol. The third kappa shape index (κ3) is 21.6. The fourth-order valence-electron chi connectivity index (χ4n) is 11.4. The second kappa shape index (κ2) is 34.1. The van der Waals surface area contributed by atoms with Gasteiger partial charge in [-0.3, -0.25) is 9.69 Å². The normalized spacial score (nSPS) is 18.8. The van der Waals surface area contributed by atoms with Crippen LogP contribution < -0.4 is 47.3 Å². The highest BCUT2D eigenvalue weighted by molar-refractivity contribution is 5.90. The molecule has 0 radical (unpaired) electrons. The van der Waals surface area contributed by atoms with E-state index >= 15 is 0 Å². The van der Waals surface area contributed by atoms with Gasteiger partial charge in [-0.2, -0.15) is 69.8 Å². The predicted octanol–water partition coefficient (Wildman–Crippen LogP) is 8.50. The van der Waals surface area contributed by atoms with Crippen LogP contribution in [-0.2, 0) is 37.5 Å². The topological polar surface area (TPSA) is 261 Å². The van der Waals surface area contributed by atoms with Crippen LogP contribution in [0.15, 0.2) is 107 Å². The molecule has 0 saturated carbocycles. The molecule has 0 aliphatic carbocycles. The first kappa shape index (κ1) is 76.7. The number of morpholine rings is 3. The molecule has 6 aliphatic heterocycles. The standard InChI is InChI=1S/2C22H28F4N8O.C20H22F4N8O2/c1-21(2)14-34(31-17-5-3-4-16(12-17)22(24,25)26)7-6-33(21)15-28-30-20-27-13-18(23)19(29-20)32-8-10-35-11-9-32;1-21(2)14-32(6-7-34(21)31-17-5-3-4-16(12-17)22(24,25)26)15-28-30-20-27-13-18(23)19(29-20)33-8-10-35-11-9-33;21-16-11-25-19(27-18(16)30-6-8-34-9-7-30)28-26-13-31-4-5-32(12-17(31)33)29-15-3-1-2-14(10-15)20(22,23)24/h2*3-5,12-13,15,31H,6-11,14H2,1-2H3,(H,27,29,30);1-3,10-11,13,29H,4-9,12H2,(H,25,27,28)/b2*28-15+;26-13+. The highest BCUT2D eigenvalue weighted by Crippen LogP contribution is 2.35. The van der Waals surface area contributed by atoms with E-state index in [4.69, 9.17) is 14.2 Å². The van der Waals surface area contributed by atoms with Gasteiger partial charge in [-0.25, -0.2) is 59.4 Å². The Labute approximate surface area is 590 Å². The van der Waals surface area contributed by atoms with Crippen molar-refractivity contribution < 1.29 is 71.7 Å². The molecule has 562 valence electrons. The summed E-state index contributed by atoms with van der Waals surface area (Å²) in [4.78, 5) is 47.5. The average Bonchev–Trinajstić information content (AvgIpc) is 0.792. The van der Waals surface area contributed by atoms with E-state index in [1.54, 1.807) is 39.5 Å². The van der Waals surface area contributed by atoms with Gasteiger partial charge in [-0.05, 0) is 82.3 Å². The van der Waals surface area contributed by atoms with Gasteiger partial charge in [0.25, 0.3) is 0 Å². The Morgan fingerprint density at radius 3 is 1.25 bits per heavy atom. The fourth-order valence-corrected chi connectivity index (χ4v) is 11.4. The van der Waals surface area contributed by atoms with Gasteiger partial charge < -0.3 is 55.0 Å². The molecule has 6 N–H and O–H groups in total. The van der Waals surface area contributed by atoms with E-state index in [9.17, 15) is 57.5 Å². The highest BCUT2D eigenvalue weighted by Gasteiger charge is 2.37. The monoisotopic (exact) mass is 1470 g/mol. The minimum Gasteiger partial charge on any atom is -0.378 e. The van der Waals surface area contributed by atoms with Gasteiger partial charge in [0.1, 0.15) is 19.0 Å². The van der Waals surface area contributed by atoms with Gasteiger partial charge in [-0.1, -0.05) is 18.2 Å². The number of hydrazone groups is 3. The zero-order valence-corrected chi connectivity index (χ0v) is 57.0. The van der Waals surface area contributed by atoms with E-state index in [-0.39, 0.29) is 65.5 Å². The number of benzene rings is 3. The fraction of sp³-hybridized carbons (Fsp3) is 0.469. The number of hydrazine groups is 3. The number of amides is 1. The number of halogens is 12. The van der Waals surface area contributed by atoms with E-state index in [0.29, 0.717) is 136 Å². The van der Waals surface area contributed by atoms with Crippen molar-refractivity contribution in [3.05, 3.63) is 126 Å². The van der Waals surface area contributed by atoms with Crippen molar-refractivity contribution in [3.63, 3.8) is 0 Å². The maximum Gasteiger partial charge on any atom is 0.416 e. The highest BCUT2D eigenvalue weighted by atomic mass is 19.4. The lowest BCUT2D eigenvalue weighted by molar-refractivity contribution is -0.138. The molecule has 0 unspecified atom stereocenters. The second-order valence-electron chi connectivity index (χ2n) is 25.4. The summed E-state index contributed by atoms with van der Waals surface area (Å²) >= 11 is 0. The van der Waals surface area contributed by atoms with Crippen LogP contribution in [0, 0.1) is 17.5 Å². The molecule has 6 fully saturated rings. The number of rotatable bonds is 18. The van der Waals surface area contributed by atoms with Crippen LogP contribution >= 0.6 is 0 Å². The summed E-state index contributed by atoms with van der Waals surface area (Å²) in [6.07, 6.45) is -5.47. The number of hydrogen-bond donors (Lipinski definition) is 6. The molecule has 6 aromatic rings. The Bertz CT molecular complexity index is 3920. The van der Waals surface area contributed by atoms with Crippen molar-refractivity contribution in [2.75, 3.05) is 185 Å². The van der Waals surface area contributed by atoms with E-state index in [1.807, 2.05) is 47.5 Å².